The van der Waals surface area contributed by atoms with Crippen LogP contribution in [0.1, 0.15) is 26.3 Å². The van der Waals surface area contributed by atoms with Crippen LogP contribution in [0, 0.1) is 0 Å². The highest BCUT2D eigenvalue weighted by Crippen LogP contribution is 2.08. The number of aliphatic carboxylic acids is 1. The van der Waals surface area contributed by atoms with Crippen LogP contribution in [-0.4, -0.2) is 33.8 Å². The maximum absolute atomic E-state index is 11.6. The number of carboxylic acids is 1. The zero-order valence-corrected chi connectivity index (χ0v) is 11.2. The maximum Gasteiger partial charge on any atom is 0.408 e. The summed E-state index contributed by atoms with van der Waals surface area (Å²) in [6, 6.07) is 2.42. The van der Waals surface area contributed by atoms with Crippen LogP contribution in [0.4, 0.5) is 4.79 Å². The van der Waals surface area contributed by atoms with E-state index in [0.717, 1.165) is 5.56 Å². The molecule has 0 bridgehead atoms. The first kappa shape index (κ1) is 14.9. The number of pyridine rings is 1. The molecule has 0 aliphatic heterocycles. The number of rotatable bonds is 4. The van der Waals surface area contributed by atoms with E-state index in [2.05, 4.69) is 10.3 Å². The lowest BCUT2D eigenvalue weighted by atomic mass is 10.1. The van der Waals surface area contributed by atoms with E-state index >= 15 is 0 Å². The number of aromatic nitrogens is 1. The van der Waals surface area contributed by atoms with Crippen molar-refractivity contribution in [3.63, 3.8) is 0 Å². The predicted molar refractivity (Wildman–Crippen MR) is 68.7 cm³/mol. The number of nitrogens with one attached hydrogen (secondary N) is 1. The molecule has 0 spiro atoms. The van der Waals surface area contributed by atoms with E-state index in [1.807, 2.05) is 0 Å². The number of hydrogen-bond acceptors (Lipinski definition) is 4. The van der Waals surface area contributed by atoms with Gasteiger partial charge in [-0.15, -0.1) is 0 Å². The summed E-state index contributed by atoms with van der Waals surface area (Å²) in [5.41, 5.74) is 0.0625. The summed E-state index contributed by atoms with van der Waals surface area (Å²) < 4.78 is 5.03. The molecular formula is C13H18N2O4. The molecule has 0 saturated heterocycles. The summed E-state index contributed by atoms with van der Waals surface area (Å²) in [6.07, 6.45) is 2.57. The molecule has 6 heteroatoms. The van der Waals surface area contributed by atoms with Gasteiger partial charge in [0, 0.05) is 18.8 Å². The Labute approximate surface area is 111 Å². The van der Waals surface area contributed by atoms with Crippen molar-refractivity contribution in [1.82, 2.24) is 10.3 Å². The lowest BCUT2D eigenvalue weighted by Crippen LogP contribution is -2.44. The highest BCUT2D eigenvalue weighted by atomic mass is 16.6. The number of amides is 1. The minimum atomic E-state index is -1.12. The topological polar surface area (TPSA) is 88.5 Å². The van der Waals surface area contributed by atoms with Crippen molar-refractivity contribution < 1.29 is 19.4 Å². The molecule has 104 valence electrons. The molecule has 1 rings (SSSR count). The minimum absolute atomic E-state index is 0.155. The van der Waals surface area contributed by atoms with Gasteiger partial charge in [0.2, 0.25) is 0 Å². The first-order chi connectivity index (χ1) is 8.78. The van der Waals surface area contributed by atoms with Crippen molar-refractivity contribution in [1.29, 1.82) is 0 Å². The van der Waals surface area contributed by atoms with Gasteiger partial charge in [-0.1, -0.05) is 6.07 Å². The van der Waals surface area contributed by atoms with Crippen LogP contribution in [0.15, 0.2) is 24.5 Å². The van der Waals surface area contributed by atoms with Crippen LogP contribution in [-0.2, 0) is 16.0 Å². The second-order valence-electron chi connectivity index (χ2n) is 5.10. The molecule has 1 heterocycles. The Morgan fingerprint density at radius 2 is 2.16 bits per heavy atom. The molecule has 6 nitrogen and oxygen atoms in total. The molecule has 0 saturated carbocycles. The summed E-state index contributed by atoms with van der Waals surface area (Å²) >= 11 is 0. The van der Waals surface area contributed by atoms with Gasteiger partial charge in [-0.2, -0.15) is 0 Å². The summed E-state index contributed by atoms with van der Waals surface area (Å²) in [6.45, 7) is 5.14. The number of hydrogen-bond donors (Lipinski definition) is 2. The Morgan fingerprint density at radius 1 is 1.47 bits per heavy atom. The van der Waals surface area contributed by atoms with Gasteiger partial charge in [0.1, 0.15) is 11.6 Å². The molecule has 0 radical (unpaired) electrons. The van der Waals surface area contributed by atoms with Crippen molar-refractivity contribution in [3.8, 4) is 0 Å². The van der Waals surface area contributed by atoms with E-state index in [-0.39, 0.29) is 6.42 Å². The Bertz CT molecular complexity index is 440. The fourth-order valence-corrected chi connectivity index (χ4v) is 1.40. The molecule has 1 unspecified atom stereocenters. The van der Waals surface area contributed by atoms with Gasteiger partial charge < -0.3 is 15.2 Å². The van der Waals surface area contributed by atoms with Crippen LogP contribution in [0.25, 0.3) is 0 Å². The van der Waals surface area contributed by atoms with Crippen molar-refractivity contribution in [2.24, 2.45) is 0 Å². The minimum Gasteiger partial charge on any atom is -0.480 e. The molecule has 2 N–H and O–H groups in total. The second kappa shape index (κ2) is 6.17. The molecule has 1 aromatic rings. The normalized spacial score (nSPS) is 12.6. The number of carbonyl (C=O) groups is 2. The average Bonchev–Trinajstić information content (AvgIpc) is 2.26. The van der Waals surface area contributed by atoms with Crippen molar-refractivity contribution >= 4 is 12.1 Å². The number of ether oxygens (including phenoxy) is 1. The van der Waals surface area contributed by atoms with E-state index < -0.39 is 23.7 Å². The third-order valence-corrected chi connectivity index (χ3v) is 2.15. The molecule has 1 amide bonds. The van der Waals surface area contributed by atoms with Crippen molar-refractivity contribution in [2.45, 2.75) is 38.8 Å². The van der Waals surface area contributed by atoms with Crippen LogP contribution in [0.3, 0.4) is 0 Å². The fourth-order valence-electron chi connectivity index (χ4n) is 1.40. The average molecular weight is 266 g/mol. The Morgan fingerprint density at radius 3 is 2.63 bits per heavy atom. The third kappa shape index (κ3) is 5.85. The van der Waals surface area contributed by atoms with Crippen LogP contribution in [0.5, 0.6) is 0 Å². The monoisotopic (exact) mass is 266 g/mol. The van der Waals surface area contributed by atoms with Gasteiger partial charge in [0.25, 0.3) is 0 Å². The number of carbonyl (C=O) groups excluding carboxylic acids is 1. The first-order valence-corrected chi connectivity index (χ1v) is 5.89. The molecule has 0 aromatic carbocycles. The number of nitrogens with zero attached hydrogens (tertiary/aromatic N) is 1. The molecule has 19 heavy (non-hydrogen) atoms. The molecule has 0 aliphatic rings. The summed E-state index contributed by atoms with van der Waals surface area (Å²) in [4.78, 5) is 26.6. The van der Waals surface area contributed by atoms with Gasteiger partial charge in [-0.05, 0) is 32.4 Å². The zero-order chi connectivity index (χ0) is 14.5. The zero-order valence-electron chi connectivity index (χ0n) is 11.2. The molecule has 1 aromatic heterocycles. The van der Waals surface area contributed by atoms with E-state index in [1.54, 1.807) is 45.3 Å². The van der Waals surface area contributed by atoms with Crippen molar-refractivity contribution in [2.75, 3.05) is 0 Å². The predicted octanol–water partition coefficient (Wildman–Crippen LogP) is 1.60. The second-order valence-corrected chi connectivity index (χ2v) is 5.10. The van der Waals surface area contributed by atoms with Crippen LogP contribution >= 0.6 is 0 Å². The number of alkyl carbamates (subject to hydrolysis) is 1. The summed E-state index contributed by atoms with van der Waals surface area (Å²) in [5, 5.41) is 11.4. The van der Waals surface area contributed by atoms with E-state index in [1.165, 1.54) is 0 Å². The Kier molecular flexibility index (Phi) is 4.86. The third-order valence-electron chi connectivity index (χ3n) is 2.15. The Balaban J connectivity index is 2.64. The largest absolute Gasteiger partial charge is 0.480 e. The van der Waals surface area contributed by atoms with Crippen molar-refractivity contribution in [3.05, 3.63) is 30.1 Å². The molecule has 0 fully saturated rings. The van der Waals surface area contributed by atoms with Crippen LogP contribution in [0.2, 0.25) is 0 Å². The standard InChI is InChI=1S/C13H18N2O4/c1-13(2,3)19-12(18)15-10(11(16)17)7-9-5-4-6-14-8-9/h4-6,8,10H,7H2,1-3H3,(H,15,18)(H,16,17). The summed E-state index contributed by atoms with van der Waals surface area (Å²) in [7, 11) is 0. The lowest BCUT2D eigenvalue weighted by Gasteiger charge is -2.22. The van der Waals surface area contributed by atoms with Gasteiger partial charge in [-0.25, -0.2) is 9.59 Å². The molecule has 0 aliphatic carbocycles. The lowest BCUT2D eigenvalue weighted by molar-refractivity contribution is -0.139. The van der Waals surface area contributed by atoms with E-state index in [4.69, 9.17) is 9.84 Å². The fraction of sp³-hybridized carbons (Fsp3) is 0.462. The van der Waals surface area contributed by atoms with Gasteiger partial charge in [0.15, 0.2) is 0 Å². The highest BCUT2D eigenvalue weighted by molar-refractivity contribution is 5.80. The van der Waals surface area contributed by atoms with Crippen LogP contribution < -0.4 is 5.32 Å². The molecular weight excluding hydrogens is 248 g/mol. The summed E-state index contributed by atoms with van der Waals surface area (Å²) in [5.74, 6) is -1.12. The highest BCUT2D eigenvalue weighted by Gasteiger charge is 2.24. The van der Waals surface area contributed by atoms with Gasteiger partial charge in [0.05, 0.1) is 0 Å². The smallest absolute Gasteiger partial charge is 0.408 e. The first-order valence-electron chi connectivity index (χ1n) is 5.89. The SMILES string of the molecule is CC(C)(C)OC(=O)NC(Cc1cccnc1)C(=O)O. The van der Waals surface area contributed by atoms with Gasteiger partial charge in [-0.3, -0.25) is 4.98 Å². The Hall–Kier alpha value is -2.11. The van der Waals surface area contributed by atoms with Gasteiger partial charge >= 0.3 is 12.1 Å². The molecule has 1 atom stereocenters. The quantitative estimate of drug-likeness (QED) is 0.864. The number of carboxylic acid groups (broad SMARTS) is 1. The van der Waals surface area contributed by atoms with E-state index in [0.29, 0.717) is 0 Å². The van der Waals surface area contributed by atoms with E-state index in [9.17, 15) is 9.59 Å². The maximum atomic E-state index is 11.6.